The second kappa shape index (κ2) is 9.00. The van der Waals surface area contributed by atoms with Gasteiger partial charge < -0.3 is 4.74 Å². The Morgan fingerprint density at radius 2 is 1.87 bits per heavy atom. The summed E-state index contributed by atoms with van der Waals surface area (Å²) in [6.45, 7) is 7.48. The molecule has 1 saturated heterocycles. The zero-order valence-corrected chi connectivity index (χ0v) is 18.6. The molecule has 0 bridgehead atoms. The number of methoxy groups -OCH3 is 1. The molecule has 4 rings (SSSR count). The van der Waals surface area contributed by atoms with Gasteiger partial charge in [-0.25, -0.2) is 0 Å². The summed E-state index contributed by atoms with van der Waals surface area (Å²) < 4.78 is 7.34. The summed E-state index contributed by atoms with van der Waals surface area (Å²) in [5, 5.41) is 4.38. The lowest BCUT2D eigenvalue weighted by atomic mass is 9.91. The summed E-state index contributed by atoms with van der Waals surface area (Å²) in [6.07, 6.45) is 5.24. The van der Waals surface area contributed by atoms with Gasteiger partial charge in [0, 0.05) is 42.2 Å². The SMILES string of the molecule is COc1cccc(Cc2cc(C)nc(C3CCN(Cc4cnn(C)c4C)CC3)c2)c1. The third kappa shape index (κ3) is 4.73. The number of nitrogens with zero attached hydrogens (tertiary/aromatic N) is 4. The molecule has 0 saturated carbocycles. The predicted molar refractivity (Wildman–Crippen MR) is 120 cm³/mol. The van der Waals surface area contributed by atoms with E-state index >= 15 is 0 Å². The number of aryl methyl sites for hydroxylation is 2. The Bertz CT molecular complexity index is 1000. The van der Waals surface area contributed by atoms with Crippen LogP contribution in [0.25, 0.3) is 0 Å². The summed E-state index contributed by atoms with van der Waals surface area (Å²) in [6, 6.07) is 12.9. The van der Waals surface area contributed by atoms with E-state index < -0.39 is 0 Å². The highest BCUT2D eigenvalue weighted by molar-refractivity contribution is 5.34. The molecular formula is C25H32N4O. The summed E-state index contributed by atoms with van der Waals surface area (Å²) in [7, 11) is 3.73. The number of ether oxygens (including phenoxy) is 1. The summed E-state index contributed by atoms with van der Waals surface area (Å²) in [5.41, 5.74) is 7.57. The van der Waals surface area contributed by atoms with E-state index in [0.717, 1.165) is 50.3 Å². The highest BCUT2D eigenvalue weighted by Gasteiger charge is 2.23. The van der Waals surface area contributed by atoms with Crippen molar-refractivity contribution in [2.75, 3.05) is 20.2 Å². The molecule has 2 aromatic heterocycles. The zero-order valence-electron chi connectivity index (χ0n) is 18.6. The molecule has 3 aromatic rings. The van der Waals surface area contributed by atoms with Crippen molar-refractivity contribution in [3.05, 3.63) is 76.4 Å². The number of pyridine rings is 1. The largest absolute Gasteiger partial charge is 0.497 e. The molecule has 0 radical (unpaired) electrons. The van der Waals surface area contributed by atoms with Crippen LogP contribution in [0.1, 0.15) is 52.5 Å². The molecule has 5 nitrogen and oxygen atoms in total. The number of rotatable bonds is 6. The van der Waals surface area contributed by atoms with Gasteiger partial charge in [-0.3, -0.25) is 14.6 Å². The Labute approximate surface area is 179 Å². The Kier molecular flexibility index (Phi) is 6.18. The molecule has 0 aliphatic carbocycles. The smallest absolute Gasteiger partial charge is 0.119 e. The van der Waals surface area contributed by atoms with Gasteiger partial charge in [0.05, 0.1) is 13.3 Å². The lowest BCUT2D eigenvalue weighted by Crippen LogP contribution is -2.32. The lowest BCUT2D eigenvalue weighted by molar-refractivity contribution is 0.203. The number of likely N-dealkylation sites (tertiary alicyclic amines) is 1. The van der Waals surface area contributed by atoms with Crippen molar-refractivity contribution in [2.24, 2.45) is 7.05 Å². The fourth-order valence-electron chi connectivity index (χ4n) is 4.42. The second-order valence-electron chi connectivity index (χ2n) is 8.50. The fraction of sp³-hybridized carbons (Fsp3) is 0.440. The van der Waals surface area contributed by atoms with E-state index in [1.54, 1.807) is 7.11 Å². The minimum atomic E-state index is 0.542. The van der Waals surface area contributed by atoms with E-state index in [2.05, 4.69) is 54.2 Å². The number of hydrogen-bond donors (Lipinski definition) is 0. The van der Waals surface area contributed by atoms with Crippen LogP contribution in [-0.2, 0) is 20.0 Å². The molecule has 1 aliphatic rings. The van der Waals surface area contributed by atoms with Crippen LogP contribution >= 0.6 is 0 Å². The highest BCUT2D eigenvalue weighted by Crippen LogP contribution is 2.29. The van der Waals surface area contributed by atoms with Crippen LogP contribution in [0.3, 0.4) is 0 Å². The molecule has 1 aromatic carbocycles. The molecule has 3 heterocycles. The van der Waals surface area contributed by atoms with Crippen molar-refractivity contribution in [2.45, 2.75) is 45.6 Å². The molecule has 0 spiro atoms. The summed E-state index contributed by atoms with van der Waals surface area (Å²) in [4.78, 5) is 7.45. The van der Waals surface area contributed by atoms with Crippen LogP contribution in [0.5, 0.6) is 5.75 Å². The van der Waals surface area contributed by atoms with Crippen molar-refractivity contribution in [1.82, 2.24) is 19.7 Å². The Hall–Kier alpha value is -2.66. The van der Waals surface area contributed by atoms with E-state index in [-0.39, 0.29) is 0 Å². The van der Waals surface area contributed by atoms with Crippen molar-refractivity contribution in [3.8, 4) is 5.75 Å². The summed E-state index contributed by atoms with van der Waals surface area (Å²) >= 11 is 0. The molecule has 158 valence electrons. The molecule has 0 unspecified atom stereocenters. The molecule has 1 aliphatic heterocycles. The molecule has 0 atom stereocenters. The van der Waals surface area contributed by atoms with Gasteiger partial charge in [0.1, 0.15) is 5.75 Å². The number of piperidine rings is 1. The van der Waals surface area contributed by atoms with Crippen LogP contribution in [0.15, 0.2) is 42.6 Å². The molecule has 0 N–H and O–H groups in total. The van der Waals surface area contributed by atoms with Crippen LogP contribution in [-0.4, -0.2) is 39.9 Å². The van der Waals surface area contributed by atoms with E-state index in [1.807, 2.05) is 24.0 Å². The number of benzene rings is 1. The lowest BCUT2D eigenvalue weighted by Gasteiger charge is -2.31. The van der Waals surface area contributed by atoms with Gasteiger partial charge >= 0.3 is 0 Å². The first-order valence-electron chi connectivity index (χ1n) is 10.8. The third-order valence-electron chi connectivity index (χ3n) is 6.31. The summed E-state index contributed by atoms with van der Waals surface area (Å²) in [5.74, 6) is 1.45. The Morgan fingerprint density at radius 1 is 1.07 bits per heavy atom. The third-order valence-corrected chi connectivity index (χ3v) is 6.31. The van der Waals surface area contributed by atoms with E-state index in [1.165, 1.54) is 28.1 Å². The molecule has 5 heteroatoms. The average Bonchev–Trinajstić information content (AvgIpc) is 3.06. The first-order valence-corrected chi connectivity index (χ1v) is 10.8. The minimum absolute atomic E-state index is 0.542. The van der Waals surface area contributed by atoms with Crippen LogP contribution in [0, 0.1) is 13.8 Å². The topological polar surface area (TPSA) is 43.2 Å². The maximum Gasteiger partial charge on any atom is 0.119 e. The molecular weight excluding hydrogens is 372 g/mol. The van der Waals surface area contributed by atoms with E-state index in [9.17, 15) is 0 Å². The molecule has 1 fully saturated rings. The Morgan fingerprint density at radius 3 is 2.57 bits per heavy atom. The van der Waals surface area contributed by atoms with Gasteiger partial charge in [0.2, 0.25) is 0 Å². The van der Waals surface area contributed by atoms with Gasteiger partial charge in [-0.2, -0.15) is 5.10 Å². The first-order chi connectivity index (χ1) is 14.5. The highest BCUT2D eigenvalue weighted by atomic mass is 16.5. The van der Waals surface area contributed by atoms with Crippen LogP contribution in [0.2, 0.25) is 0 Å². The maximum absolute atomic E-state index is 5.37. The van der Waals surface area contributed by atoms with Crippen LogP contribution < -0.4 is 4.74 Å². The zero-order chi connectivity index (χ0) is 21.1. The van der Waals surface area contributed by atoms with E-state index in [4.69, 9.17) is 9.72 Å². The van der Waals surface area contributed by atoms with Gasteiger partial charge in [-0.05, 0) is 81.6 Å². The average molecular weight is 405 g/mol. The van der Waals surface area contributed by atoms with Crippen LogP contribution in [0.4, 0.5) is 0 Å². The predicted octanol–water partition coefficient (Wildman–Crippen LogP) is 4.41. The number of aromatic nitrogens is 3. The molecule has 0 amide bonds. The Balaban J connectivity index is 1.41. The fourth-order valence-corrected chi connectivity index (χ4v) is 4.42. The van der Waals surface area contributed by atoms with Gasteiger partial charge in [0.25, 0.3) is 0 Å². The minimum Gasteiger partial charge on any atom is -0.497 e. The first kappa shape index (κ1) is 20.6. The van der Waals surface area contributed by atoms with Gasteiger partial charge in [-0.1, -0.05) is 12.1 Å². The monoisotopic (exact) mass is 404 g/mol. The van der Waals surface area contributed by atoms with Crippen molar-refractivity contribution < 1.29 is 4.74 Å². The standard InChI is InChI=1S/C25H32N4O/c1-18-12-21(13-20-6-5-7-24(14-20)30-4)15-25(27-18)22-8-10-29(11-9-22)17-23-16-26-28(3)19(23)2/h5-7,12,14-16,22H,8-11,13,17H2,1-4H3. The quantitative estimate of drug-likeness (QED) is 0.610. The normalized spacial score (nSPS) is 15.5. The van der Waals surface area contributed by atoms with Gasteiger partial charge in [-0.15, -0.1) is 0 Å². The molecule has 30 heavy (non-hydrogen) atoms. The number of hydrogen-bond acceptors (Lipinski definition) is 4. The van der Waals surface area contributed by atoms with Gasteiger partial charge in [0.15, 0.2) is 0 Å². The van der Waals surface area contributed by atoms with Crippen molar-refractivity contribution >= 4 is 0 Å². The van der Waals surface area contributed by atoms with Crippen molar-refractivity contribution in [3.63, 3.8) is 0 Å². The van der Waals surface area contributed by atoms with E-state index in [0.29, 0.717) is 5.92 Å². The maximum atomic E-state index is 5.37. The second-order valence-corrected chi connectivity index (χ2v) is 8.50. The van der Waals surface area contributed by atoms with Crippen molar-refractivity contribution in [1.29, 1.82) is 0 Å².